The molecule has 0 spiro atoms. The van der Waals surface area contributed by atoms with Gasteiger partial charge in [-0.15, -0.1) is 0 Å². The average Bonchev–Trinajstić information content (AvgIpc) is 2.20. The van der Waals surface area contributed by atoms with E-state index in [1.807, 2.05) is 13.0 Å². The Hall–Kier alpha value is -1.29. The summed E-state index contributed by atoms with van der Waals surface area (Å²) in [6, 6.07) is 2.18. The highest BCUT2D eigenvalue weighted by Crippen LogP contribution is 2.17. The Morgan fingerprint density at radius 1 is 1.50 bits per heavy atom. The van der Waals surface area contributed by atoms with E-state index in [0.29, 0.717) is 18.2 Å². The van der Waals surface area contributed by atoms with Crippen molar-refractivity contribution in [1.29, 1.82) is 0 Å². The van der Waals surface area contributed by atoms with Crippen LogP contribution in [0.1, 0.15) is 19.4 Å². The summed E-state index contributed by atoms with van der Waals surface area (Å²) in [6.07, 6.45) is 1.67. The van der Waals surface area contributed by atoms with Crippen molar-refractivity contribution < 1.29 is 4.74 Å². The van der Waals surface area contributed by atoms with Crippen LogP contribution in [-0.2, 0) is 4.74 Å². The number of nitrogens with two attached hydrogens (primary N) is 1. The first kappa shape index (κ1) is 12.8. The SMILES string of the molecule is COCC(Nc1ncc(N)cc1C)C(C)C. The molecule has 0 amide bonds. The average molecular weight is 223 g/mol. The second-order valence-electron chi connectivity index (χ2n) is 4.38. The summed E-state index contributed by atoms with van der Waals surface area (Å²) < 4.78 is 5.19. The van der Waals surface area contributed by atoms with Crippen LogP contribution in [0.15, 0.2) is 12.3 Å². The molecular formula is C12H21N3O. The minimum atomic E-state index is 0.264. The molecule has 16 heavy (non-hydrogen) atoms. The summed E-state index contributed by atoms with van der Waals surface area (Å²) in [4.78, 5) is 4.29. The smallest absolute Gasteiger partial charge is 0.129 e. The van der Waals surface area contributed by atoms with Crippen LogP contribution in [0.5, 0.6) is 0 Å². The fourth-order valence-electron chi connectivity index (χ4n) is 1.50. The molecule has 0 bridgehead atoms. The van der Waals surface area contributed by atoms with Crippen LogP contribution < -0.4 is 11.1 Å². The van der Waals surface area contributed by atoms with E-state index >= 15 is 0 Å². The Kier molecular flexibility index (Phi) is 4.55. The van der Waals surface area contributed by atoms with Crippen molar-refractivity contribution in [3.05, 3.63) is 17.8 Å². The van der Waals surface area contributed by atoms with Gasteiger partial charge in [0.05, 0.1) is 24.5 Å². The number of aromatic nitrogens is 1. The molecule has 0 saturated carbocycles. The first-order valence-electron chi connectivity index (χ1n) is 5.52. The Labute approximate surface area is 97.2 Å². The molecule has 1 rings (SSSR count). The van der Waals surface area contributed by atoms with E-state index < -0.39 is 0 Å². The fraction of sp³-hybridized carbons (Fsp3) is 0.583. The van der Waals surface area contributed by atoms with E-state index in [2.05, 4.69) is 24.1 Å². The third-order valence-corrected chi connectivity index (χ3v) is 2.57. The third kappa shape index (κ3) is 3.38. The molecule has 1 aromatic rings. The Morgan fingerprint density at radius 3 is 2.69 bits per heavy atom. The summed E-state index contributed by atoms with van der Waals surface area (Å²) in [7, 11) is 1.71. The first-order chi connectivity index (χ1) is 7.54. The van der Waals surface area contributed by atoms with Crippen molar-refractivity contribution in [3.8, 4) is 0 Å². The number of rotatable bonds is 5. The van der Waals surface area contributed by atoms with Gasteiger partial charge in [0.2, 0.25) is 0 Å². The Morgan fingerprint density at radius 2 is 2.19 bits per heavy atom. The van der Waals surface area contributed by atoms with Gasteiger partial charge in [0.25, 0.3) is 0 Å². The lowest BCUT2D eigenvalue weighted by Crippen LogP contribution is -2.31. The number of nitrogens with zero attached hydrogens (tertiary/aromatic N) is 1. The molecule has 4 nitrogen and oxygen atoms in total. The minimum absolute atomic E-state index is 0.264. The lowest BCUT2D eigenvalue weighted by molar-refractivity contribution is 0.171. The molecule has 0 aliphatic carbocycles. The highest BCUT2D eigenvalue weighted by Gasteiger charge is 2.14. The number of hydrogen-bond acceptors (Lipinski definition) is 4. The van der Waals surface area contributed by atoms with Gasteiger partial charge in [-0.05, 0) is 24.5 Å². The van der Waals surface area contributed by atoms with Gasteiger partial charge in [-0.1, -0.05) is 13.8 Å². The van der Waals surface area contributed by atoms with Gasteiger partial charge in [0.1, 0.15) is 5.82 Å². The van der Waals surface area contributed by atoms with Crippen LogP contribution >= 0.6 is 0 Å². The summed E-state index contributed by atoms with van der Waals surface area (Å²) >= 11 is 0. The zero-order valence-electron chi connectivity index (χ0n) is 10.4. The lowest BCUT2D eigenvalue weighted by Gasteiger charge is -2.23. The van der Waals surface area contributed by atoms with E-state index in [4.69, 9.17) is 10.5 Å². The van der Waals surface area contributed by atoms with E-state index in [9.17, 15) is 0 Å². The molecule has 0 radical (unpaired) electrons. The molecule has 1 aromatic heterocycles. The third-order valence-electron chi connectivity index (χ3n) is 2.57. The lowest BCUT2D eigenvalue weighted by atomic mass is 10.1. The molecule has 0 aromatic carbocycles. The van der Waals surface area contributed by atoms with E-state index in [1.165, 1.54) is 0 Å². The van der Waals surface area contributed by atoms with E-state index in [1.54, 1.807) is 13.3 Å². The first-order valence-corrected chi connectivity index (χ1v) is 5.52. The maximum Gasteiger partial charge on any atom is 0.129 e. The van der Waals surface area contributed by atoms with Gasteiger partial charge in [-0.3, -0.25) is 0 Å². The molecular weight excluding hydrogens is 202 g/mol. The van der Waals surface area contributed by atoms with Gasteiger partial charge < -0.3 is 15.8 Å². The minimum Gasteiger partial charge on any atom is -0.397 e. The maximum atomic E-state index is 5.66. The zero-order chi connectivity index (χ0) is 12.1. The summed E-state index contributed by atoms with van der Waals surface area (Å²) in [5.41, 5.74) is 7.41. The number of ether oxygens (including phenoxy) is 1. The highest BCUT2D eigenvalue weighted by atomic mass is 16.5. The molecule has 4 heteroatoms. The second-order valence-corrected chi connectivity index (χ2v) is 4.38. The summed E-state index contributed by atoms with van der Waals surface area (Å²) in [6.45, 7) is 6.98. The van der Waals surface area contributed by atoms with Crippen molar-refractivity contribution in [3.63, 3.8) is 0 Å². The highest BCUT2D eigenvalue weighted by molar-refractivity contribution is 5.51. The summed E-state index contributed by atoms with van der Waals surface area (Å²) in [5, 5.41) is 3.38. The van der Waals surface area contributed by atoms with Crippen LogP contribution in [-0.4, -0.2) is 24.7 Å². The van der Waals surface area contributed by atoms with Crippen LogP contribution in [0.2, 0.25) is 0 Å². The van der Waals surface area contributed by atoms with Crippen molar-refractivity contribution in [2.75, 3.05) is 24.8 Å². The van der Waals surface area contributed by atoms with Gasteiger partial charge in [0, 0.05) is 7.11 Å². The van der Waals surface area contributed by atoms with Crippen LogP contribution in [0.4, 0.5) is 11.5 Å². The van der Waals surface area contributed by atoms with Gasteiger partial charge in [-0.25, -0.2) is 4.98 Å². The normalized spacial score (nSPS) is 12.8. The van der Waals surface area contributed by atoms with E-state index in [0.717, 1.165) is 11.4 Å². The standard InChI is InChI=1S/C12H21N3O/c1-8(2)11(7-16-4)15-12-9(3)5-10(13)6-14-12/h5-6,8,11H,7,13H2,1-4H3,(H,14,15). The Bertz CT molecular complexity index is 339. The largest absolute Gasteiger partial charge is 0.397 e. The monoisotopic (exact) mass is 223 g/mol. The van der Waals surface area contributed by atoms with Crippen LogP contribution in [0, 0.1) is 12.8 Å². The van der Waals surface area contributed by atoms with Crippen molar-refractivity contribution in [1.82, 2.24) is 4.98 Å². The molecule has 1 unspecified atom stereocenters. The van der Waals surface area contributed by atoms with Gasteiger partial charge >= 0.3 is 0 Å². The molecule has 90 valence electrons. The van der Waals surface area contributed by atoms with Gasteiger partial charge in [0.15, 0.2) is 0 Å². The molecule has 3 N–H and O–H groups in total. The van der Waals surface area contributed by atoms with Gasteiger partial charge in [-0.2, -0.15) is 0 Å². The van der Waals surface area contributed by atoms with Crippen molar-refractivity contribution in [2.24, 2.45) is 5.92 Å². The number of anilines is 2. The van der Waals surface area contributed by atoms with E-state index in [-0.39, 0.29) is 6.04 Å². The number of aryl methyl sites for hydroxylation is 1. The number of methoxy groups -OCH3 is 1. The number of nitrogens with one attached hydrogen (secondary N) is 1. The quantitative estimate of drug-likeness (QED) is 0.802. The summed E-state index contributed by atoms with van der Waals surface area (Å²) in [5.74, 6) is 1.36. The molecule has 0 fully saturated rings. The van der Waals surface area contributed by atoms with Crippen molar-refractivity contribution in [2.45, 2.75) is 26.8 Å². The molecule has 0 saturated heterocycles. The number of nitrogen functional groups attached to an aromatic ring is 1. The van der Waals surface area contributed by atoms with Crippen LogP contribution in [0.3, 0.4) is 0 Å². The number of pyridine rings is 1. The molecule has 0 aliphatic heterocycles. The topological polar surface area (TPSA) is 60.2 Å². The molecule has 1 atom stereocenters. The second kappa shape index (κ2) is 5.70. The molecule has 0 aliphatic rings. The number of hydrogen-bond donors (Lipinski definition) is 2. The van der Waals surface area contributed by atoms with Crippen LogP contribution in [0.25, 0.3) is 0 Å². The fourth-order valence-corrected chi connectivity index (χ4v) is 1.50. The molecule has 1 heterocycles. The predicted molar refractivity (Wildman–Crippen MR) is 67.5 cm³/mol. The zero-order valence-corrected chi connectivity index (χ0v) is 10.4. The maximum absolute atomic E-state index is 5.66. The predicted octanol–water partition coefficient (Wildman–Crippen LogP) is 2.06. The Balaban J connectivity index is 2.77. The van der Waals surface area contributed by atoms with Crippen molar-refractivity contribution >= 4 is 11.5 Å².